The predicted octanol–water partition coefficient (Wildman–Crippen LogP) is 3.99. The number of nitrogens with one attached hydrogen (secondary N) is 3. The third kappa shape index (κ3) is 2.95. The van der Waals surface area contributed by atoms with Crippen LogP contribution in [0.15, 0.2) is 41.7 Å². The summed E-state index contributed by atoms with van der Waals surface area (Å²) in [5.41, 5.74) is 10.1. The van der Waals surface area contributed by atoms with E-state index >= 15 is 0 Å². The van der Waals surface area contributed by atoms with Gasteiger partial charge in [0.25, 0.3) is 0 Å². The van der Waals surface area contributed by atoms with Crippen LogP contribution in [0.25, 0.3) is 10.9 Å². The van der Waals surface area contributed by atoms with Crippen molar-refractivity contribution >= 4 is 40.7 Å². The van der Waals surface area contributed by atoms with Crippen LogP contribution in [0.1, 0.15) is 37.8 Å². The maximum atomic E-state index is 13.0. The second-order valence-corrected chi connectivity index (χ2v) is 7.44. The second-order valence-electron chi connectivity index (χ2n) is 7.06. The van der Waals surface area contributed by atoms with E-state index in [0.29, 0.717) is 28.5 Å². The van der Waals surface area contributed by atoms with Crippen molar-refractivity contribution in [1.29, 1.82) is 0 Å². The third-order valence-corrected chi connectivity index (χ3v) is 4.98. The standard InChI is InChI=1S/C20H21N5O2S/c1-9(2)27-19(26)14-10(3)23-18-16(17(21)24-20(28)25-18)15(14)12-8-22-13-7-5-4-6-11(12)13/h4-9,15,22H,1-3H3,(H4,21,23,24,25,28). The minimum Gasteiger partial charge on any atom is -0.460 e. The van der Waals surface area contributed by atoms with Crippen LogP contribution in [-0.4, -0.2) is 27.0 Å². The number of hydrogen-bond acceptors (Lipinski definition) is 6. The number of benzene rings is 1. The number of nitrogen functional groups attached to an aromatic ring is 1. The van der Waals surface area contributed by atoms with Gasteiger partial charge in [-0.15, -0.1) is 0 Å². The highest BCUT2D eigenvalue weighted by Crippen LogP contribution is 2.45. The van der Waals surface area contributed by atoms with Gasteiger partial charge in [-0.25, -0.2) is 9.78 Å². The predicted molar refractivity (Wildman–Crippen MR) is 112 cm³/mol. The molecule has 28 heavy (non-hydrogen) atoms. The van der Waals surface area contributed by atoms with Gasteiger partial charge in [-0.3, -0.25) is 0 Å². The van der Waals surface area contributed by atoms with Crippen LogP contribution < -0.4 is 11.1 Å². The first-order chi connectivity index (χ1) is 13.4. The molecule has 1 atom stereocenters. The van der Waals surface area contributed by atoms with Gasteiger partial charge in [0.1, 0.15) is 11.6 Å². The van der Waals surface area contributed by atoms with Gasteiger partial charge in [0.15, 0.2) is 4.77 Å². The average Bonchev–Trinajstić information content (AvgIpc) is 3.03. The molecule has 0 fully saturated rings. The first-order valence-corrected chi connectivity index (χ1v) is 9.42. The van der Waals surface area contributed by atoms with E-state index in [4.69, 9.17) is 22.7 Å². The van der Waals surface area contributed by atoms with Crippen LogP contribution in [-0.2, 0) is 9.53 Å². The topological polar surface area (TPSA) is 109 Å². The van der Waals surface area contributed by atoms with Crippen molar-refractivity contribution in [2.24, 2.45) is 0 Å². The lowest BCUT2D eigenvalue weighted by atomic mass is 9.81. The number of aromatic nitrogens is 3. The molecule has 1 unspecified atom stereocenters. The molecule has 0 bridgehead atoms. The van der Waals surface area contributed by atoms with Gasteiger partial charge in [0.2, 0.25) is 0 Å². The Kier molecular flexibility index (Phi) is 4.43. The molecule has 5 N–H and O–H groups in total. The van der Waals surface area contributed by atoms with E-state index in [0.717, 1.165) is 16.5 Å². The summed E-state index contributed by atoms with van der Waals surface area (Å²) in [4.78, 5) is 23.6. The number of H-pyrrole nitrogens is 2. The molecular weight excluding hydrogens is 374 g/mol. The molecule has 0 spiro atoms. The minimum absolute atomic E-state index is 0.241. The average molecular weight is 395 g/mol. The Morgan fingerprint density at radius 1 is 1.32 bits per heavy atom. The Bertz CT molecular complexity index is 1170. The zero-order valence-corrected chi connectivity index (χ0v) is 16.6. The molecule has 0 saturated heterocycles. The molecule has 3 aromatic rings. The number of nitrogens with two attached hydrogens (primary N) is 1. The lowest BCUT2D eigenvalue weighted by molar-refractivity contribution is -0.142. The maximum Gasteiger partial charge on any atom is 0.337 e. The molecule has 0 amide bonds. The fourth-order valence-electron chi connectivity index (χ4n) is 3.69. The van der Waals surface area contributed by atoms with E-state index < -0.39 is 5.92 Å². The highest BCUT2D eigenvalue weighted by Gasteiger charge is 2.37. The number of carbonyl (C=O) groups is 1. The number of rotatable bonds is 3. The van der Waals surface area contributed by atoms with Crippen LogP contribution in [0.3, 0.4) is 0 Å². The van der Waals surface area contributed by atoms with Crippen molar-refractivity contribution in [3.63, 3.8) is 0 Å². The fourth-order valence-corrected chi connectivity index (χ4v) is 3.89. The highest BCUT2D eigenvalue weighted by molar-refractivity contribution is 7.71. The van der Waals surface area contributed by atoms with Gasteiger partial charge in [0, 0.05) is 28.4 Å². The number of aromatic amines is 2. The Hall–Kier alpha value is -3.13. The summed E-state index contributed by atoms with van der Waals surface area (Å²) < 4.78 is 5.82. The van der Waals surface area contributed by atoms with Crippen LogP contribution in [0.5, 0.6) is 0 Å². The molecule has 1 aliphatic heterocycles. The first-order valence-electron chi connectivity index (χ1n) is 9.01. The van der Waals surface area contributed by atoms with Gasteiger partial charge in [-0.1, -0.05) is 18.2 Å². The normalized spacial score (nSPS) is 16.2. The molecule has 3 heterocycles. The number of esters is 1. The zero-order chi connectivity index (χ0) is 20.0. The molecule has 4 rings (SSSR count). The van der Waals surface area contributed by atoms with E-state index in [9.17, 15) is 4.79 Å². The third-order valence-electron chi connectivity index (χ3n) is 4.78. The highest BCUT2D eigenvalue weighted by atomic mass is 32.1. The summed E-state index contributed by atoms with van der Waals surface area (Å²) in [5.74, 6) is 0.0936. The molecule has 8 heteroatoms. The van der Waals surface area contributed by atoms with Crippen molar-refractivity contribution < 1.29 is 9.53 Å². The fraction of sp³-hybridized carbons (Fsp3) is 0.250. The molecule has 144 valence electrons. The van der Waals surface area contributed by atoms with E-state index in [-0.39, 0.29) is 16.8 Å². The van der Waals surface area contributed by atoms with Crippen molar-refractivity contribution in [3.8, 4) is 0 Å². The van der Waals surface area contributed by atoms with Crippen molar-refractivity contribution in [3.05, 3.63) is 57.6 Å². The van der Waals surface area contributed by atoms with Crippen LogP contribution in [0.4, 0.5) is 11.6 Å². The molecule has 7 nitrogen and oxygen atoms in total. The smallest absolute Gasteiger partial charge is 0.337 e. The lowest BCUT2D eigenvalue weighted by Crippen LogP contribution is -2.27. The molecule has 0 radical (unpaired) electrons. The van der Waals surface area contributed by atoms with Crippen molar-refractivity contribution in [2.75, 3.05) is 11.1 Å². The SMILES string of the molecule is CC1=C(C(=O)OC(C)C)C(c2c[nH]c3ccccc23)c2c(nc(=S)[nH]c2N)N1. The van der Waals surface area contributed by atoms with Gasteiger partial charge in [-0.05, 0) is 44.6 Å². The van der Waals surface area contributed by atoms with E-state index in [1.54, 1.807) is 0 Å². The summed E-state index contributed by atoms with van der Waals surface area (Å²) in [6.07, 6.45) is 1.66. The molecule has 1 aromatic carbocycles. The number of hydrogen-bond donors (Lipinski definition) is 4. The molecule has 2 aromatic heterocycles. The van der Waals surface area contributed by atoms with Crippen LogP contribution >= 0.6 is 12.2 Å². The van der Waals surface area contributed by atoms with Gasteiger partial charge in [-0.2, -0.15) is 0 Å². The number of ether oxygens (including phenoxy) is 1. The van der Waals surface area contributed by atoms with Crippen molar-refractivity contribution in [2.45, 2.75) is 32.8 Å². The van der Waals surface area contributed by atoms with E-state index in [1.165, 1.54) is 0 Å². The van der Waals surface area contributed by atoms with E-state index in [1.807, 2.05) is 51.2 Å². The summed E-state index contributed by atoms with van der Waals surface area (Å²) in [5, 5.41) is 4.18. The number of para-hydroxylation sites is 1. The van der Waals surface area contributed by atoms with Crippen molar-refractivity contribution in [1.82, 2.24) is 15.0 Å². The van der Waals surface area contributed by atoms with Crippen LogP contribution in [0, 0.1) is 4.77 Å². The number of nitrogens with zero attached hydrogens (tertiary/aromatic N) is 1. The molecule has 0 saturated carbocycles. The summed E-state index contributed by atoms with van der Waals surface area (Å²) in [7, 11) is 0. The molecular formula is C20H21N5O2S. The van der Waals surface area contributed by atoms with Gasteiger partial charge < -0.3 is 25.8 Å². The Morgan fingerprint density at radius 3 is 2.82 bits per heavy atom. The second kappa shape index (κ2) is 6.79. The van der Waals surface area contributed by atoms with E-state index in [2.05, 4.69) is 20.3 Å². The Morgan fingerprint density at radius 2 is 2.07 bits per heavy atom. The Labute approximate surface area is 167 Å². The first kappa shape index (κ1) is 18.2. The summed E-state index contributed by atoms with van der Waals surface area (Å²) in [6.45, 7) is 5.48. The number of allylic oxidation sites excluding steroid dienone is 1. The number of fused-ring (bicyclic) bond motifs is 2. The lowest BCUT2D eigenvalue weighted by Gasteiger charge is -2.30. The van der Waals surface area contributed by atoms with Crippen LogP contribution in [0.2, 0.25) is 0 Å². The van der Waals surface area contributed by atoms with Gasteiger partial charge >= 0.3 is 5.97 Å². The number of anilines is 2. The molecule has 1 aliphatic rings. The van der Waals surface area contributed by atoms with Gasteiger partial charge in [0.05, 0.1) is 17.6 Å². The Balaban J connectivity index is 2.00. The number of carbonyl (C=O) groups excluding carboxylic acids is 1. The quantitative estimate of drug-likeness (QED) is 0.394. The monoisotopic (exact) mass is 395 g/mol. The zero-order valence-electron chi connectivity index (χ0n) is 15.8. The minimum atomic E-state index is -0.446. The summed E-state index contributed by atoms with van der Waals surface area (Å²) in [6, 6.07) is 7.92. The maximum absolute atomic E-state index is 13.0. The molecule has 0 aliphatic carbocycles. The summed E-state index contributed by atoms with van der Waals surface area (Å²) >= 11 is 5.18. The largest absolute Gasteiger partial charge is 0.460 e.